The van der Waals surface area contributed by atoms with Crippen molar-refractivity contribution in [1.82, 2.24) is 4.90 Å². The zero-order chi connectivity index (χ0) is 13.8. The van der Waals surface area contributed by atoms with E-state index in [1.165, 1.54) is 5.56 Å². The smallest absolute Gasteiger partial charge is 0.101 e. The molecule has 0 aliphatic carbocycles. The third-order valence-corrected chi connectivity index (χ3v) is 3.66. The first kappa shape index (κ1) is 13.4. The van der Waals surface area contributed by atoms with Gasteiger partial charge in [0.15, 0.2) is 0 Å². The molecule has 4 heteroatoms. The largest absolute Gasteiger partial charge is 0.368 e. The minimum Gasteiger partial charge on any atom is -0.368 e. The summed E-state index contributed by atoms with van der Waals surface area (Å²) in [7, 11) is 0. The van der Waals surface area contributed by atoms with Crippen LogP contribution in [0.15, 0.2) is 18.2 Å². The molecule has 0 amide bonds. The Morgan fingerprint density at radius 3 is 2.42 bits per heavy atom. The van der Waals surface area contributed by atoms with Crippen LogP contribution in [0.5, 0.6) is 0 Å². The normalized spacial score (nSPS) is 17.6. The van der Waals surface area contributed by atoms with Gasteiger partial charge in [-0.1, -0.05) is 6.07 Å². The van der Waals surface area contributed by atoms with Gasteiger partial charge in [-0.15, -0.1) is 0 Å². The molecule has 19 heavy (non-hydrogen) atoms. The Hall–Kier alpha value is -2.04. The number of nitrogens with zero attached hydrogens (tertiary/aromatic N) is 4. The van der Waals surface area contributed by atoms with Gasteiger partial charge in [-0.05, 0) is 31.5 Å². The average Bonchev–Trinajstić information content (AvgIpc) is 2.46. The van der Waals surface area contributed by atoms with E-state index in [4.69, 9.17) is 5.26 Å². The van der Waals surface area contributed by atoms with E-state index in [1.807, 2.05) is 26.0 Å². The van der Waals surface area contributed by atoms with Gasteiger partial charge in [0.25, 0.3) is 0 Å². The summed E-state index contributed by atoms with van der Waals surface area (Å²) in [5.41, 5.74) is 2.92. The lowest BCUT2D eigenvalue weighted by Crippen LogP contribution is -2.49. The first-order valence-corrected chi connectivity index (χ1v) is 6.55. The average molecular weight is 254 g/mol. The maximum absolute atomic E-state index is 9.19. The van der Waals surface area contributed by atoms with Crippen molar-refractivity contribution in [2.45, 2.75) is 19.9 Å². The molecule has 0 saturated carbocycles. The van der Waals surface area contributed by atoms with Crippen LogP contribution in [0.2, 0.25) is 0 Å². The van der Waals surface area contributed by atoms with Crippen LogP contribution in [0.1, 0.15) is 18.1 Å². The third kappa shape index (κ3) is 2.86. The van der Waals surface area contributed by atoms with Gasteiger partial charge in [0.2, 0.25) is 0 Å². The van der Waals surface area contributed by atoms with E-state index in [0.717, 1.165) is 37.4 Å². The van der Waals surface area contributed by atoms with Crippen LogP contribution in [0.25, 0.3) is 0 Å². The minimum atomic E-state index is -0.0323. The molecule has 1 unspecified atom stereocenters. The van der Waals surface area contributed by atoms with Crippen LogP contribution >= 0.6 is 0 Å². The minimum absolute atomic E-state index is 0.0323. The summed E-state index contributed by atoms with van der Waals surface area (Å²) in [6, 6.07) is 10.4. The lowest BCUT2D eigenvalue weighted by Gasteiger charge is -2.37. The Kier molecular flexibility index (Phi) is 4.04. The molecule has 0 N–H and O–H groups in total. The number of anilines is 1. The Balaban J connectivity index is 2.12. The Bertz CT molecular complexity index is 530. The molecule has 1 aromatic carbocycles. The van der Waals surface area contributed by atoms with Gasteiger partial charge < -0.3 is 4.90 Å². The highest BCUT2D eigenvalue weighted by atomic mass is 15.3. The van der Waals surface area contributed by atoms with Crippen molar-refractivity contribution in [2.75, 3.05) is 31.1 Å². The zero-order valence-corrected chi connectivity index (χ0v) is 11.4. The fourth-order valence-electron chi connectivity index (χ4n) is 2.43. The number of piperazine rings is 1. The molecule has 1 aliphatic heterocycles. The molecule has 4 nitrogen and oxygen atoms in total. The molecule has 1 heterocycles. The maximum atomic E-state index is 9.19. The van der Waals surface area contributed by atoms with Crippen molar-refractivity contribution in [3.05, 3.63) is 29.3 Å². The van der Waals surface area contributed by atoms with Gasteiger partial charge in [0, 0.05) is 26.2 Å². The molecule has 0 spiro atoms. The van der Waals surface area contributed by atoms with Crippen molar-refractivity contribution in [2.24, 2.45) is 0 Å². The number of hydrogen-bond acceptors (Lipinski definition) is 4. The fraction of sp³-hybridized carbons (Fsp3) is 0.467. The van der Waals surface area contributed by atoms with Gasteiger partial charge in [-0.25, -0.2) is 0 Å². The van der Waals surface area contributed by atoms with E-state index in [9.17, 15) is 5.26 Å². The molecule has 0 bridgehead atoms. The van der Waals surface area contributed by atoms with Crippen molar-refractivity contribution in [3.8, 4) is 12.1 Å². The van der Waals surface area contributed by atoms with Crippen LogP contribution in [0, 0.1) is 29.6 Å². The summed E-state index contributed by atoms with van der Waals surface area (Å²) in [6.07, 6.45) is 0. The second kappa shape index (κ2) is 5.73. The highest BCUT2D eigenvalue weighted by Crippen LogP contribution is 2.23. The molecule has 1 aromatic rings. The van der Waals surface area contributed by atoms with Crippen LogP contribution in [0.4, 0.5) is 5.69 Å². The fourth-order valence-corrected chi connectivity index (χ4v) is 2.43. The summed E-state index contributed by atoms with van der Waals surface area (Å²) in [4.78, 5) is 4.42. The third-order valence-electron chi connectivity index (χ3n) is 3.66. The standard InChI is InChI=1S/C15H18N4/c1-12-3-4-14(11-17)15(9-12)19-7-5-18(6-8-19)13(2)10-16/h3-4,9,13H,5-8H2,1-2H3. The van der Waals surface area contributed by atoms with Gasteiger partial charge in [0.1, 0.15) is 6.07 Å². The second-order valence-corrected chi connectivity index (χ2v) is 4.96. The van der Waals surface area contributed by atoms with Gasteiger partial charge in [-0.2, -0.15) is 10.5 Å². The van der Waals surface area contributed by atoms with E-state index >= 15 is 0 Å². The van der Waals surface area contributed by atoms with Crippen molar-refractivity contribution < 1.29 is 0 Å². The second-order valence-electron chi connectivity index (χ2n) is 4.96. The zero-order valence-electron chi connectivity index (χ0n) is 11.4. The lowest BCUT2D eigenvalue weighted by molar-refractivity contribution is 0.231. The molecule has 2 rings (SSSR count). The number of rotatable bonds is 2. The maximum Gasteiger partial charge on any atom is 0.101 e. The topological polar surface area (TPSA) is 54.1 Å². The van der Waals surface area contributed by atoms with Crippen molar-refractivity contribution in [3.63, 3.8) is 0 Å². The molecule has 1 fully saturated rings. The predicted molar refractivity (Wildman–Crippen MR) is 74.8 cm³/mol. The molecule has 0 radical (unpaired) electrons. The van der Waals surface area contributed by atoms with Crippen molar-refractivity contribution in [1.29, 1.82) is 10.5 Å². The molecular weight excluding hydrogens is 236 g/mol. The van der Waals surface area contributed by atoms with Gasteiger partial charge >= 0.3 is 0 Å². The lowest BCUT2D eigenvalue weighted by atomic mass is 10.1. The van der Waals surface area contributed by atoms with Crippen LogP contribution < -0.4 is 4.90 Å². The molecular formula is C15H18N4. The highest BCUT2D eigenvalue weighted by Gasteiger charge is 2.22. The Morgan fingerprint density at radius 1 is 1.16 bits per heavy atom. The van der Waals surface area contributed by atoms with Crippen LogP contribution in [0.3, 0.4) is 0 Å². The van der Waals surface area contributed by atoms with E-state index in [-0.39, 0.29) is 6.04 Å². The predicted octanol–water partition coefficient (Wildman–Crippen LogP) is 1.90. The number of nitriles is 2. The van der Waals surface area contributed by atoms with Crippen LogP contribution in [-0.2, 0) is 0 Å². The summed E-state index contributed by atoms with van der Waals surface area (Å²) in [5.74, 6) is 0. The monoisotopic (exact) mass is 254 g/mol. The number of hydrogen-bond donors (Lipinski definition) is 0. The van der Waals surface area contributed by atoms with E-state index < -0.39 is 0 Å². The summed E-state index contributed by atoms with van der Waals surface area (Å²) < 4.78 is 0. The molecule has 1 aliphatic rings. The summed E-state index contributed by atoms with van der Waals surface area (Å²) >= 11 is 0. The van der Waals surface area contributed by atoms with Gasteiger partial charge in [-0.3, -0.25) is 4.90 Å². The summed E-state index contributed by atoms with van der Waals surface area (Å²) in [6.45, 7) is 7.44. The number of benzene rings is 1. The highest BCUT2D eigenvalue weighted by molar-refractivity contribution is 5.61. The van der Waals surface area contributed by atoms with Crippen LogP contribution in [-0.4, -0.2) is 37.1 Å². The van der Waals surface area contributed by atoms with E-state index in [0.29, 0.717) is 0 Å². The first-order chi connectivity index (χ1) is 9.15. The Morgan fingerprint density at radius 2 is 1.84 bits per heavy atom. The van der Waals surface area contributed by atoms with Gasteiger partial charge in [0.05, 0.1) is 23.4 Å². The molecule has 0 aromatic heterocycles. The Labute approximate surface area is 114 Å². The molecule has 1 atom stereocenters. The van der Waals surface area contributed by atoms with Crippen molar-refractivity contribution >= 4 is 5.69 Å². The summed E-state index contributed by atoms with van der Waals surface area (Å²) in [5, 5.41) is 18.1. The first-order valence-electron chi connectivity index (χ1n) is 6.55. The van der Waals surface area contributed by atoms with E-state index in [1.54, 1.807) is 0 Å². The quantitative estimate of drug-likeness (QED) is 0.809. The SMILES string of the molecule is Cc1ccc(C#N)c(N2CCN(C(C)C#N)CC2)c1. The molecule has 98 valence electrons. The number of aryl methyl sites for hydroxylation is 1. The van der Waals surface area contributed by atoms with E-state index in [2.05, 4.69) is 28.0 Å². The molecule has 1 saturated heterocycles.